The van der Waals surface area contributed by atoms with Crippen molar-refractivity contribution < 1.29 is 19.0 Å². The zero-order valence-corrected chi connectivity index (χ0v) is 21.3. The summed E-state index contributed by atoms with van der Waals surface area (Å²) in [6.45, 7) is 9.71. The largest absolute Gasteiger partial charge is 0.493 e. The second kappa shape index (κ2) is 10.8. The zero-order valence-electron chi connectivity index (χ0n) is 21.3. The molecule has 7 heteroatoms. The summed E-state index contributed by atoms with van der Waals surface area (Å²) in [5.74, 6) is 2.92. The molecule has 0 aliphatic carbocycles. The van der Waals surface area contributed by atoms with E-state index in [0.717, 1.165) is 49.5 Å². The van der Waals surface area contributed by atoms with E-state index in [2.05, 4.69) is 36.0 Å². The number of benzene rings is 1. The van der Waals surface area contributed by atoms with Crippen LogP contribution >= 0.6 is 0 Å². The van der Waals surface area contributed by atoms with Gasteiger partial charge in [-0.2, -0.15) is 5.10 Å². The maximum atomic E-state index is 12.6. The number of hydrogen-bond acceptors (Lipinski definition) is 6. The highest BCUT2D eigenvalue weighted by atomic mass is 16.5. The summed E-state index contributed by atoms with van der Waals surface area (Å²) in [5.41, 5.74) is 3.73. The van der Waals surface area contributed by atoms with E-state index in [0.29, 0.717) is 43.4 Å². The lowest BCUT2D eigenvalue weighted by molar-refractivity contribution is -0.147. The maximum Gasteiger partial charge on any atom is 0.307 e. The first-order valence-electron chi connectivity index (χ1n) is 12.5. The minimum absolute atomic E-state index is 0.143. The average Bonchev–Trinajstić information content (AvgIpc) is 3.24. The summed E-state index contributed by atoms with van der Waals surface area (Å²) in [7, 11) is 3.38. The lowest BCUT2D eigenvalue weighted by Crippen LogP contribution is -2.47. The summed E-state index contributed by atoms with van der Waals surface area (Å²) in [6.07, 6.45) is 5.27. The van der Waals surface area contributed by atoms with E-state index in [9.17, 15) is 4.79 Å². The van der Waals surface area contributed by atoms with E-state index >= 15 is 0 Å². The van der Waals surface area contributed by atoms with Crippen LogP contribution in [0, 0.1) is 24.7 Å². The highest BCUT2D eigenvalue weighted by Crippen LogP contribution is 2.45. The van der Waals surface area contributed by atoms with Gasteiger partial charge in [-0.1, -0.05) is 13.8 Å². The Morgan fingerprint density at radius 3 is 2.62 bits per heavy atom. The molecule has 0 bridgehead atoms. The second-order valence-electron chi connectivity index (χ2n) is 10.2. The van der Waals surface area contributed by atoms with Crippen LogP contribution in [0.4, 0.5) is 0 Å². The van der Waals surface area contributed by atoms with Crippen LogP contribution in [0.1, 0.15) is 56.0 Å². The first-order chi connectivity index (χ1) is 16.4. The zero-order chi connectivity index (χ0) is 24.2. The van der Waals surface area contributed by atoms with Crippen molar-refractivity contribution in [3.05, 3.63) is 41.2 Å². The van der Waals surface area contributed by atoms with Crippen LogP contribution in [-0.4, -0.2) is 54.6 Å². The summed E-state index contributed by atoms with van der Waals surface area (Å²) in [6, 6.07) is 6.56. The molecule has 7 nitrogen and oxygen atoms in total. The van der Waals surface area contributed by atoms with Crippen molar-refractivity contribution in [2.75, 3.05) is 33.9 Å². The molecule has 0 radical (unpaired) electrons. The molecule has 34 heavy (non-hydrogen) atoms. The van der Waals surface area contributed by atoms with Gasteiger partial charge >= 0.3 is 5.97 Å². The molecular weight excluding hydrogens is 430 g/mol. The van der Waals surface area contributed by atoms with Crippen LogP contribution in [0.15, 0.2) is 24.4 Å². The fourth-order valence-corrected chi connectivity index (χ4v) is 5.68. The molecule has 0 unspecified atom stereocenters. The number of methoxy groups -OCH3 is 2. The van der Waals surface area contributed by atoms with Crippen molar-refractivity contribution in [2.24, 2.45) is 17.8 Å². The van der Waals surface area contributed by atoms with Gasteiger partial charge in [-0.25, -0.2) is 0 Å². The number of fused-ring (bicyclic) bond motifs is 3. The van der Waals surface area contributed by atoms with E-state index in [1.807, 2.05) is 17.7 Å². The molecular formula is C27H39N3O4. The Kier molecular flexibility index (Phi) is 7.81. The Morgan fingerprint density at radius 1 is 1.18 bits per heavy atom. The molecule has 0 saturated carbocycles. The Labute approximate surface area is 203 Å². The van der Waals surface area contributed by atoms with Crippen molar-refractivity contribution in [2.45, 2.75) is 59.0 Å². The molecule has 1 fully saturated rings. The molecule has 1 aromatic heterocycles. The summed E-state index contributed by atoms with van der Waals surface area (Å²) >= 11 is 0. The van der Waals surface area contributed by atoms with Gasteiger partial charge in [0.15, 0.2) is 11.5 Å². The van der Waals surface area contributed by atoms with Gasteiger partial charge in [0.25, 0.3) is 0 Å². The third-order valence-electron chi connectivity index (χ3n) is 7.46. The van der Waals surface area contributed by atoms with Crippen LogP contribution in [-0.2, 0) is 22.5 Å². The number of nitrogens with zero attached hydrogens (tertiary/aromatic N) is 3. The fraction of sp³-hybridized carbons (Fsp3) is 0.630. The van der Waals surface area contributed by atoms with Gasteiger partial charge in [-0.3, -0.25) is 14.4 Å². The Morgan fingerprint density at radius 2 is 1.94 bits per heavy atom. The summed E-state index contributed by atoms with van der Waals surface area (Å²) in [5, 5.41) is 4.26. The molecule has 2 aliphatic heterocycles. The third kappa shape index (κ3) is 5.40. The molecule has 4 rings (SSSR count). The van der Waals surface area contributed by atoms with Crippen molar-refractivity contribution in [3.63, 3.8) is 0 Å². The lowest BCUT2D eigenvalue weighted by atomic mass is 9.74. The summed E-state index contributed by atoms with van der Waals surface area (Å²) in [4.78, 5) is 15.2. The molecule has 1 saturated heterocycles. The summed E-state index contributed by atoms with van der Waals surface area (Å²) < 4.78 is 18.8. The fourth-order valence-electron chi connectivity index (χ4n) is 5.68. The highest BCUT2D eigenvalue weighted by Gasteiger charge is 2.40. The Bertz CT molecular complexity index is 986. The number of aryl methyl sites for hydroxylation is 2. The molecule has 3 heterocycles. The first kappa shape index (κ1) is 24.6. The first-order valence-corrected chi connectivity index (χ1v) is 12.5. The van der Waals surface area contributed by atoms with Gasteiger partial charge in [0.1, 0.15) is 0 Å². The van der Waals surface area contributed by atoms with Crippen molar-refractivity contribution in [3.8, 4) is 11.5 Å². The van der Waals surface area contributed by atoms with E-state index in [4.69, 9.17) is 14.2 Å². The quantitative estimate of drug-likeness (QED) is 0.507. The van der Waals surface area contributed by atoms with Crippen LogP contribution in [0.3, 0.4) is 0 Å². The minimum atomic E-state index is -0.143. The number of piperidine rings is 1. The standard InChI is InChI=1S/C27H39N3O4/c1-18(2)12-21-16-29-10-7-20-14-25(32-4)26(33-5)15-23(20)24(29)13-22(21)17-34-27(31)8-11-30-19(3)6-9-28-30/h6,9,14-15,18,21-22,24H,7-8,10-13,16-17H2,1-5H3/t21-,22+,24-/m1/s1. The van der Waals surface area contributed by atoms with Gasteiger partial charge < -0.3 is 14.2 Å². The SMILES string of the molecule is COc1cc2c(cc1OC)[C@H]1C[C@@H](COC(=O)CCn3nccc3C)[C@H](CC(C)C)CN1CC2. The number of ether oxygens (including phenoxy) is 3. The Balaban J connectivity index is 1.46. The van der Waals surface area contributed by atoms with Gasteiger partial charge in [-0.15, -0.1) is 0 Å². The smallest absolute Gasteiger partial charge is 0.307 e. The van der Waals surface area contributed by atoms with Crippen molar-refractivity contribution >= 4 is 5.97 Å². The topological polar surface area (TPSA) is 65.8 Å². The molecule has 0 amide bonds. The minimum Gasteiger partial charge on any atom is -0.493 e. The molecule has 2 aromatic rings. The lowest BCUT2D eigenvalue weighted by Gasteiger charge is -2.47. The number of esters is 1. The Hall–Kier alpha value is -2.54. The number of rotatable bonds is 9. The number of hydrogen-bond donors (Lipinski definition) is 0. The van der Waals surface area contributed by atoms with Crippen molar-refractivity contribution in [1.29, 1.82) is 0 Å². The second-order valence-corrected chi connectivity index (χ2v) is 10.2. The van der Waals surface area contributed by atoms with Gasteiger partial charge in [0.05, 0.1) is 33.8 Å². The van der Waals surface area contributed by atoms with Crippen LogP contribution in [0.2, 0.25) is 0 Å². The van der Waals surface area contributed by atoms with Gasteiger partial charge in [-0.05, 0) is 73.3 Å². The number of carbonyl (C=O) groups excluding carboxylic acids is 1. The molecule has 1 aromatic carbocycles. The predicted molar refractivity (Wildman–Crippen MR) is 131 cm³/mol. The maximum absolute atomic E-state index is 12.6. The monoisotopic (exact) mass is 469 g/mol. The van der Waals surface area contributed by atoms with E-state index in [1.165, 1.54) is 11.1 Å². The van der Waals surface area contributed by atoms with Crippen molar-refractivity contribution in [1.82, 2.24) is 14.7 Å². The van der Waals surface area contributed by atoms with E-state index < -0.39 is 0 Å². The van der Waals surface area contributed by atoms with Crippen LogP contribution < -0.4 is 9.47 Å². The van der Waals surface area contributed by atoms with Gasteiger partial charge in [0, 0.05) is 31.0 Å². The van der Waals surface area contributed by atoms with E-state index in [1.54, 1.807) is 20.4 Å². The predicted octanol–water partition coefficient (Wildman–Crippen LogP) is 4.42. The van der Waals surface area contributed by atoms with Gasteiger partial charge in [0.2, 0.25) is 0 Å². The molecule has 0 spiro atoms. The number of carbonyl (C=O) groups is 1. The van der Waals surface area contributed by atoms with Crippen LogP contribution in [0.5, 0.6) is 11.5 Å². The molecule has 0 N–H and O–H groups in total. The molecule has 3 atom stereocenters. The highest BCUT2D eigenvalue weighted by molar-refractivity contribution is 5.69. The average molecular weight is 470 g/mol. The van der Waals surface area contributed by atoms with E-state index in [-0.39, 0.29) is 5.97 Å². The molecule has 186 valence electrons. The molecule has 2 aliphatic rings. The third-order valence-corrected chi connectivity index (χ3v) is 7.46. The normalized spacial score (nSPS) is 22.2. The number of aromatic nitrogens is 2. The van der Waals surface area contributed by atoms with Crippen LogP contribution in [0.25, 0.3) is 0 Å².